The van der Waals surface area contributed by atoms with E-state index in [1.54, 1.807) is 45.9 Å². The van der Waals surface area contributed by atoms with Crippen LogP contribution in [-0.4, -0.2) is 91.5 Å². The number of rotatable bonds is 19. The number of amides is 2. The first-order chi connectivity index (χ1) is 22.2. The van der Waals surface area contributed by atoms with Crippen LogP contribution >= 0.6 is 0 Å². The molecule has 0 N–H and O–H groups in total. The van der Waals surface area contributed by atoms with Gasteiger partial charge < -0.3 is 33.5 Å². The molecule has 2 rings (SSSR count). The van der Waals surface area contributed by atoms with Crippen molar-refractivity contribution in [2.75, 3.05) is 47.1 Å². The van der Waals surface area contributed by atoms with Gasteiger partial charge in [-0.2, -0.15) is 0 Å². The zero-order chi connectivity index (χ0) is 35.1. The van der Waals surface area contributed by atoms with Crippen LogP contribution in [0.3, 0.4) is 0 Å². The number of ether oxygens (including phenoxy) is 5. The lowest BCUT2D eigenvalue weighted by Crippen LogP contribution is -2.48. The number of hydrogen-bond acceptors (Lipinski definition) is 9. The highest BCUT2D eigenvalue weighted by Gasteiger charge is 2.32. The summed E-state index contributed by atoms with van der Waals surface area (Å²) in [7, 11) is 3.22. The highest BCUT2D eigenvalue weighted by atomic mass is 16.6. The van der Waals surface area contributed by atoms with E-state index in [4.69, 9.17) is 23.7 Å². The van der Waals surface area contributed by atoms with Crippen LogP contribution in [0, 0.1) is 16.0 Å². The Hall–Kier alpha value is -4.42. The van der Waals surface area contributed by atoms with E-state index < -0.39 is 34.7 Å². The molecule has 0 aliphatic carbocycles. The van der Waals surface area contributed by atoms with Crippen molar-refractivity contribution in [1.82, 2.24) is 9.80 Å². The van der Waals surface area contributed by atoms with Gasteiger partial charge in [0.25, 0.3) is 11.6 Å². The molecule has 0 aliphatic rings. The lowest BCUT2D eigenvalue weighted by molar-refractivity contribution is -0.384. The van der Waals surface area contributed by atoms with Crippen LogP contribution in [-0.2, 0) is 20.8 Å². The van der Waals surface area contributed by atoms with Gasteiger partial charge in [-0.25, -0.2) is 4.79 Å². The molecule has 258 valence electrons. The Morgan fingerprint density at radius 1 is 1.02 bits per heavy atom. The fraction of sp³-hybridized carbons (Fsp3) is 0.486. The third-order valence-corrected chi connectivity index (χ3v) is 7.05. The van der Waals surface area contributed by atoms with Gasteiger partial charge >= 0.3 is 6.09 Å². The molecular weight excluding hydrogens is 606 g/mol. The van der Waals surface area contributed by atoms with Gasteiger partial charge in [0.2, 0.25) is 0 Å². The molecule has 2 aromatic rings. The molecule has 0 saturated heterocycles. The van der Waals surface area contributed by atoms with E-state index in [0.29, 0.717) is 6.61 Å². The third kappa shape index (κ3) is 12.7. The van der Waals surface area contributed by atoms with Gasteiger partial charge in [0.15, 0.2) is 0 Å². The van der Waals surface area contributed by atoms with Crippen LogP contribution < -0.4 is 9.47 Å². The van der Waals surface area contributed by atoms with Gasteiger partial charge in [-0.3, -0.25) is 14.9 Å². The van der Waals surface area contributed by atoms with Crippen molar-refractivity contribution in [3.8, 4) is 11.5 Å². The highest BCUT2D eigenvalue weighted by molar-refractivity contribution is 5.98. The lowest BCUT2D eigenvalue weighted by atomic mass is 10.0. The molecule has 2 aromatic carbocycles. The fourth-order valence-corrected chi connectivity index (χ4v) is 4.55. The van der Waals surface area contributed by atoms with Gasteiger partial charge in [-0.1, -0.05) is 37.8 Å². The summed E-state index contributed by atoms with van der Waals surface area (Å²) in [5.74, 6) is 0.116. The first kappa shape index (κ1) is 38.8. The monoisotopic (exact) mass is 655 g/mol. The van der Waals surface area contributed by atoms with Crippen molar-refractivity contribution in [1.29, 1.82) is 0 Å². The maximum Gasteiger partial charge on any atom is 0.410 e. The van der Waals surface area contributed by atoms with E-state index in [1.807, 2.05) is 38.1 Å². The zero-order valence-corrected chi connectivity index (χ0v) is 28.6. The molecule has 0 aromatic heterocycles. The Bertz CT molecular complexity index is 1340. The number of hydrogen-bond donors (Lipinski definition) is 0. The summed E-state index contributed by atoms with van der Waals surface area (Å²) in [6, 6.07) is 10.9. The molecule has 0 heterocycles. The number of non-ortho nitro benzene ring substituents is 1. The summed E-state index contributed by atoms with van der Waals surface area (Å²) < 4.78 is 28.6. The number of nitrogens with zero attached hydrogens (tertiary/aromatic N) is 3. The molecule has 0 spiro atoms. The number of carbonyl (C=O) groups excluding carboxylic acids is 2. The van der Waals surface area contributed by atoms with Crippen molar-refractivity contribution < 1.29 is 38.2 Å². The fourth-order valence-electron chi connectivity index (χ4n) is 4.55. The summed E-state index contributed by atoms with van der Waals surface area (Å²) in [6.07, 6.45) is 2.10. The van der Waals surface area contributed by atoms with Crippen LogP contribution in [0.5, 0.6) is 11.5 Å². The van der Waals surface area contributed by atoms with Crippen LogP contribution in [0.2, 0.25) is 0 Å². The van der Waals surface area contributed by atoms with Crippen molar-refractivity contribution in [3.63, 3.8) is 0 Å². The minimum Gasteiger partial charge on any atom is -0.497 e. The second-order valence-electron chi connectivity index (χ2n) is 12.2. The maximum absolute atomic E-state index is 14.3. The van der Waals surface area contributed by atoms with Crippen LogP contribution in [0.1, 0.15) is 50.5 Å². The maximum atomic E-state index is 14.3. The molecule has 0 bridgehead atoms. The highest BCUT2D eigenvalue weighted by Crippen LogP contribution is 2.28. The average Bonchev–Trinajstić information content (AvgIpc) is 3.03. The molecule has 0 fully saturated rings. The Morgan fingerprint density at radius 2 is 1.68 bits per heavy atom. The summed E-state index contributed by atoms with van der Waals surface area (Å²) in [5, 5.41) is 11.7. The first-order valence-corrected chi connectivity index (χ1v) is 15.4. The number of methoxy groups -OCH3 is 1. The molecule has 47 heavy (non-hydrogen) atoms. The van der Waals surface area contributed by atoms with Crippen molar-refractivity contribution in [2.45, 2.75) is 59.0 Å². The van der Waals surface area contributed by atoms with E-state index in [2.05, 4.69) is 13.2 Å². The van der Waals surface area contributed by atoms with Gasteiger partial charge in [0.1, 0.15) is 23.7 Å². The molecule has 12 nitrogen and oxygen atoms in total. The molecular formula is C35H49N3O9. The number of carbonyl (C=O) groups is 2. The SMILES string of the molecule is C=CCOc1ccc([N+](=O)[O-])cc1C(=O)N(C[C@@H](C)[C@H](CN(C)C(=O)OC(C)(C)C)OCC=C)[C@@H](C)COCc1ccc(OC)cc1. The smallest absolute Gasteiger partial charge is 0.410 e. The van der Waals surface area contributed by atoms with Gasteiger partial charge in [0, 0.05) is 31.6 Å². The summed E-state index contributed by atoms with van der Waals surface area (Å²) in [5.41, 5.74) is 0.0282. The molecule has 12 heteroatoms. The summed E-state index contributed by atoms with van der Waals surface area (Å²) >= 11 is 0. The summed E-state index contributed by atoms with van der Waals surface area (Å²) in [4.78, 5) is 41.2. The van der Waals surface area contributed by atoms with Crippen molar-refractivity contribution in [3.05, 3.63) is 89.0 Å². The normalized spacial score (nSPS) is 13.1. The minimum atomic E-state index is -0.678. The standard InChI is InChI=1S/C35H49N3O9/c1-10-18-45-31-17-14-28(38(41)42)20-30(31)33(39)37(26(4)23-44-24-27-12-15-29(43-9)16-13-27)21-25(3)32(46-19-11-2)22-36(8)34(40)47-35(5,6)7/h10-17,20,25-26,32H,1-2,18-19,21-24H2,3-9H3/t25-,26+,32+/m1/s1. The minimum absolute atomic E-state index is 0.0321. The number of nitro groups is 1. The first-order valence-electron chi connectivity index (χ1n) is 15.4. The third-order valence-electron chi connectivity index (χ3n) is 7.05. The van der Waals surface area contributed by atoms with Crippen LogP contribution in [0.4, 0.5) is 10.5 Å². The number of nitro benzene ring substituents is 1. The van der Waals surface area contributed by atoms with E-state index in [0.717, 1.165) is 11.3 Å². The zero-order valence-electron chi connectivity index (χ0n) is 28.6. The second kappa shape index (κ2) is 18.7. The Kier molecular flexibility index (Phi) is 15.4. The van der Waals surface area contributed by atoms with E-state index in [1.165, 1.54) is 29.2 Å². The topological polar surface area (TPSA) is 130 Å². The van der Waals surface area contributed by atoms with E-state index in [9.17, 15) is 19.7 Å². The molecule has 2 amide bonds. The van der Waals surface area contributed by atoms with Gasteiger partial charge in [0.05, 0.1) is 56.1 Å². The Labute approximate surface area is 278 Å². The molecule has 0 aliphatic heterocycles. The molecule has 3 atom stereocenters. The van der Waals surface area contributed by atoms with Crippen LogP contribution in [0.15, 0.2) is 67.8 Å². The summed E-state index contributed by atoms with van der Waals surface area (Å²) in [6.45, 7) is 17.6. The Balaban J connectivity index is 2.41. The van der Waals surface area contributed by atoms with Gasteiger partial charge in [-0.15, -0.1) is 6.58 Å². The molecule has 0 unspecified atom stereocenters. The van der Waals surface area contributed by atoms with E-state index in [-0.39, 0.29) is 55.8 Å². The van der Waals surface area contributed by atoms with Crippen LogP contribution in [0.25, 0.3) is 0 Å². The molecule has 0 saturated carbocycles. The van der Waals surface area contributed by atoms with Crippen molar-refractivity contribution in [2.24, 2.45) is 5.92 Å². The quantitative estimate of drug-likeness (QED) is 0.0974. The Morgan fingerprint density at radius 3 is 2.26 bits per heavy atom. The number of likely N-dealkylation sites (N-methyl/N-ethyl adjacent to an activating group) is 1. The van der Waals surface area contributed by atoms with Crippen molar-refractivity contribution >= 4 is 17.7 Å². The average molecular weight is 656 g/mol. The number of benzene rings is 2. The second-order valence-corrected chi connectivity index (χ2v) is 12.2. The largest absolute Gasteiger partial charge is 0.497 e. The predicted octanol–water partition coefficient (Wildman–Crippen LogP) is 6.29. The van der Waals surface area contributed by atoms with Gasteiger partial charge in [-0.05, 0) is 51.5 Å². The molecule has 0 radical (unpaired) electrons. The predicted molar refractivity (Wildman–Crippen MR) is 180 cm³/mol. The van der Waals surface area contributed by atoms with E-state index >= 15 is 0 Å². The lowest BCUT2D eigenvalue weighted by Gasteiger charge is -2.36.